The predicted octanol–water partition coefficient (Wildman–Crippen LogP) is 1.98. The SMILES string of the molecule is COc1c(C2(C)CCCN2)cc(F)c(S(C)(=O)=O)c1F. The molecule has 4 nitrogen and oxygen atoms in total. The Morgan fingerprint density at radius 1 is 1.40 bits per heavy atom. The van der Waals surface area contributed by atoms with E-state index in [0.29, 0.717) is 12.0 Å². The van der Waals surface area contributed by atoms with Crippen molar-refractivity contribution >= 4 is 9.84 Å². The van der Waals surface area contributed by atoms with Crippen LogP contribution in [0.5, 0.6) is 5.75 Å². The average molecular weight is 305 g/mol. The summed E-state index contributed by atoms with van der Waals surface area (Å²) in [6.45, 7) is 2.55. The lowest BCUT2D eigenvalue weighted by Gasteiger charge is -2.27. The zero-order chi connectivity index (χ0) is 15.1. The Kier molecular flexibility index (Phi) is 3.77. The van der Waals surface area contributed by atoms with E-state index in [9.17, 15) is 17.2 Å². The Balaban J connectivity index is 2.73. The van der Waals surface area contributed by atoms with E-state index >= 15 is 0 Å². The molecule has 1 aromatic carbocycles. The van der Waals surface area contributed by atoms with E-state index in [-0.39, 0.29) is 5.75 Å². The summed E-state index contributed by atoms with van der Waals surface area (Å²) in [5, 5.41) is 3.17. The molecule has 1 aliphatic rings. The molecule has 1 unspecified atom stereocenters. The lowest BCUT2D eigenvalue weighted by Crippen LogP contribution is -2.34. The van der Waals surface area contributed by atoms with Crippen LogP contribution in [-0.2, 0) is 15.4 Å². The molecule has 0 amide bonds. The summed E-state index contributed by atoms with van der Waals surface area (Å²) in [4.78, 5) is -0.945. The van der Waals surface area contributed by atoms with Gasteiger partial charge in [-0.3, -0.25) is 0 Å². The molecule has 1 N–H and O–H groups in total. The zero-order valence-corrected chi connectivity index (χ0v) is 12.4. The van der Waals surface area contributed by atoms with Crippen molar-refractivity contribution in [3.8, 4) is 5.75 Å². The van der Waals surface area contributed by atoms with E-state index in [1.54, 1.807) is 0 Å². The van der Waals surface area contributed by atoms with Crippen LogP contribution in [0, 0.1) is 11.6 Å². The van der Waals surface area contributed by atoms with Gasteiger partial charge in [-0.15, -0.1) is 0 Å². The molecular formula is C13H17F2NO3S. The number of hydrogen-bond acceptors (Lipinski definition) is 4. The molecular weight excluding hydrogens is 288 g/mol. The van der Waals surface area contributed by atoms with Crippen molar-refractivity contribution in [1.82, 2.24) is 5.32 Å². The van der Waals surface area contributed by atoms with Crippen molar-refractivity contribution in [2.24, 2.45) is 0 Å². The molecule has 0 aromatic heterocycles. The zero-order valence-electron chi connectivity index (χ0n) is 11.6. The topological polar surface area (TPSA) is 55.4 Å². The quantitative estimate of drug-likeness (QED) is 0.928. The van der Waals surface area contributed by atoms with Crippen LogP contribution in [0.3, 0.4) is 0 Å². The number of halogens is 2. The lowest BCUT2D eigenvalue weighted by molar-refractivity contribution is 0.340. The molecule has 1 heterocycles. The van der Waals surface area contributed by atoms with Crippen molar-refractivity contribution in [2.45, 2.75) is 30.2 Å². The molecule has 0 spiro atoms. The molecule has 0 bridgehead atoms. The molecule has 1 saturated heterocycles. The van der Waals surface area contributed by atoms with Crippen LogP contribution in [0.2, 0.25) is 0 Å². The minimum atomic E-state index is -4.01. The fourth-order valence-electron chi connectivity index (χ4n) is 2.66. The fourth-order valence-corrected chi connectivity index (χ4v) is 3.49. The van der Waals surface area contributed by atoms with Gasteiger partial charge in [-0.25, -0.2) is 17.2 Å². The highest BCUT2D eigenvalue weighted by Crippen LogP contribution is 2.40. The second-order valence-electron chi connectivity index (χ2n) is 5.22. The first kappa shape index (κ1) is 15.2. The van der Waals surface area contributed by atoms with E-state index < -0.39 is 31.9 Å². The minimum absolute atomic E-state index is 0.219. The third-order valence-electron chi connectivity index (χ3n) is 3.67. The molecule has 1 aromatic rings. The van der Waals surface area contributed by atoms with E-state index in [0.717, 1.165) is 25.3 Å². The van der Waals surface area contributed by atoms with Crippen molar-refractivity contribution in [2.75, 3.05) is 19.9 Å². The van der Waals surface area contributed by atoms with E-state index in [1.165, 1.54) is 7.11 Å². The van der Waals surface area contributed by atoms with Crippen LogP contribution in [0.4, 0.5) is 8.78 Å². The molecule has 112 valence electrons. The normalized spacial score (nSPS) is 23.1. The number of hydrogen-bond donors (Lipinski definition) is 1. The Hall–Kier alpha value is -1.21. The van der Waals surface area contributed by atoms with Gasteiger partial charge in [-0.2, -0.15) is 0 Å². The Labute approximate surface area is 117 Å². The van der Waals surface area contributed by atoms with Crippen molar-refractivity contribution in [3.05, 3.63) is 23.3 Å². The highest BCUT2D eigenvalue weighted by Gasteiger charge is 2.37. The Morgan fingerprint density at radius 3 is 2.50 bits per heavy atom. The standard InChI is InChI=1S/C13H17F2NO3S/c1-13(5-4-6-16-13)8-7-9(14)12(20(3,17)18)10(15)11(8)19-2/h7,16H,4-6H2,1-3H3. The number of methoxy groups -OCH3 is 1. The van der Waals surface area contributed by atoms with Gasteiger partial charge in [0.25, 0.3) is 0 Å². The molecule has 2 rings (SSSR count). The van der Waals surface area contributed by atoms with E-state index in [4.69, 9.17) is 4.74 Å². The van der Waals surface area contributed by atoms with Gasteiger partial charge in [-0.05, 0) is 32.4 Å². The maximum atomic E-state index is 14.3. The molecule has 1 atom stereocenters. The smallest absolute Gasteiger partial charge is 0.186 e. The molecule has 0 aliphatic carbocycles. The van der Waals surface area contributed by atoms with Crippen LogP contribution >= 0.6 is 0 Å². The number of sulfone groups is 1. The highest BCUT2D eigenvalue weighted by molar-refractivity contribution is 7.90. The van der Waals surface area contributed by atoms with Crippen LogP contribution in [0.1, 0.15) is 25.3 Å². The van der Waals surface area contributed by atoms with Crippen LogP contribution in [0.15, 0.2) is 11.0 Å². The number of nitrogens with one attached hydrogen (secondary N) is 1. The maximum Gasteiger partial charge on any atom is 0.186 e. The number of ether oxygens (including phenoxy) is 1. The Morgan fingerprint density at radius 2 is 2.05 bits per heavy atom. The van der Waals surface area contributed by atoms with Gasteiger partial charge in [0.2, 0.25) is 0 Å². The van der Waals surface area contributed by atoms with Crippen molar-refractivity contribution in [1.29, 1.82) is 0 Å². The molecule has 20 heavy (non-hydrogen) atoms. The first-order valence-electron chi connectivity index (χ1n) is 6.22. The third-order valence-corrected chi connectivity index (χ3v) is 4.79. The summed E-state index contributed by atoms with van der Waals surface area (Å²) < 4.78 is 56.4. The second-order valence-corrected chi connectivity index (χ2v) is 7.17. The van der Waals surface area contributed by atoms with Gasteiger partial charge >= 0.3 is 0 Å². The minimum Gasteiger partial charge on any atom is -0.493 e. The second kappa shape index (κ2) is 4.96. The summed E-state index contributed by atoms with van der Waals surface area (Å²) in [5.74, 6) is -2.47. The summed E-state index contributed by atoms with van der Waals surface area (Å²) in [5.41, 5.74) is -0.317. The lowest BCUT2D eigenvalue weighted by atomic mass is 9.89. The first-order valence-corrected chi connectivity index (χ1v) is 8.11. The van der Waals surface area contributed by atoms with Gasteiger partial charge in [0.05, 0.1) is 7.11 Å². The third kappa shape index (κ3) is 2.40. The maximum absolute atomic E-state index is 14.3. The summed E-state index contributed by atoms with van der Waals surface area (Å²) >= 11 is 0. The monoisotopic (exact) mass is 305 g/mol. The molecule has 0 radical (unpaired) electrons. The summed E-state index contributed by atoms with van der Waals surface area (Å²) in [6, 6.07) is 1.05. The number of benzene rings is 1. The Bertz CT molecular complexity index is 638. The molecule has 1 aliphatic heterocycles. The largest absolute Gasteiger partial charge is 0.493 e. The van der Waals surface area contributed by atoms with Gasteiger partial charge < -0.3 is 10.1 Å². The van der Waals surface area contributed by atoms with Gasteiger partial charge in [0.1, 0.15) is 10.7 Å². The van der Waals surface area contributed by atoms with Gasteiger partial charge in [0.15, 0.2) is 21.4 Å². The predicted molar refractivity (Wildman–Crippen MR) is 70.6 cm³/mol. The van der Waals surface area contributed by atoms with Crippen LogP contribution in [0.25, 0.3) is 0 Å². The summed E-state index contributed by atoms with van der Waals surface area (Å²) in [6.07, 6.45) is 2.33. The molecule has 0 saturated carbocycles. The van der Waals surface area contributed by atoms with Gasteiger partial charge in [-0.1, -0.05) is 0 Å². The van der Waals surface area contributed by atoms with Crippen LogP contribution in [-0.4, -0.2) is 28.3 Å². The van der Waals surface area contributed by atoms with Gasteiger partial charge in [0, 0.05) is 17.4 Å². The van der Waals surface area contributed by atoms with Crippen LogP contribution < -0.4 is 10.1 Å². The van der Waals surface area contributed by atoms with E-state index in [1.807, 2.05) is 6.92 Å². The summed E-state index contributed by atoms with van der Waals surface area (Å²) in [7, 11) is -2.77. The molecule has 7 heteroatoms. The van der Waals surface area contributed by atoms with E-state index in [2.05, 4.69) is 5.32 Å². The first-order chi connectivity index (χ1) is 9.20. The fraction of sp³-hybridized carbons (Fsp3) is 0.538. The molecule has 1 fully saturated rings. The van der Waals surface area contributed by atoms with Crippen molar-refractivity contribution < 1.29 is 21.9 Å². The highest BCUT2D eigenvalue weighted by atomic mass is 32.2. The average Bonchev–Trinajstić information content (AvgIpc) is 2.75. The van der Waals surface area contributed by atoms with Crippen molar-refractivity contribution in [3.63, 3.8) is 0 Å². The number of rotatable bonds is 3.